The van der Waals surface area contributed by atoms with E-state index in [1.54, 1.807) is 24.4 Å². The van der Waals surface area contributed by atoms with Crippen molar-refractivity contribution in [1.82, 2.24) is 15.3 Å². The second-order valence-electron chi connectivity index (χ2n) is 5.95. The van der Waals surface area contributed by atoms with E-state index in [1.165, 1.54) is 23.5 Å². The first kappa shape index (κ1) is 16.1. The zero-order valence-electron chi connectivity index (χ0n) is 13.3. The summed E-state index contributed by atoms with van der Waals surface area (Å²) in [6.07, 6.45) is 2.41. The molecule has 0 aliphatic carbocycles. The number of amides is 1. The Labute approximate surface area is 147 Å². The number of aromatic nitrogens is 2. The van der Waals surface area contributed by atoms with Crippen LogP contribution in [-0.4, -0.2) is 29.0 Å². The number of ether oxygens (including phenoxy) is 1. The number of nitrogens with one attached hydrogen (secondary N) is 1. The maximum absolute atomic E-state index is 13.1. The molecule has 1 aromatic carbocycles. The van der Waals surface area contributed by atoms with Gasteiger partial charge in [0, 0.05) is 25.3 Å². The highest BCUT2D eigenvalue weighted by molar-refractivity contribution is 7.19. The van der Waals surface area contributed by atoms with Gasteiger partial charge in [-0.15, -0.1) is 0 Å². The Morgan fingerprint density at radius 3 is 2.96 bits per heavy atom. The smallest absolute Gasteiger partial charge is 0.280 e. The number of halogens is 1. The minimum absolute atomic E-state index is 0.127. The van der Waals surface area contributed by atoms with Crippen molar-refractivity contribution in [2.75, 3.05) is 13.2 Å². The summed E-state index contributed by atoms with van der Waals surface area (Å²) in [5, 5.41) is 3.35. The number of carbonyl (C=O) groups is 1. The quantitative estimate of drug-likeness (QED) is 0.778. The molecule has 3 heterocycles. The van der Waals surface area contributed by atoms with E-state index in [-0.39, 0.29) is 23.7 Å². The molecule has 0 radical (unpaired) electrons. The third-order valence-electron chi connectivity index (χ3n) is 4.30. The van der Waals surface area contributed by atoms with Crippen LogP contribution in [0.15, 0.2) is 42.6 Å². The van der Waals surface area contributed by atoms with E-state index in [9.17, 15) is 9.18 Å². The van der Waals surface area contributed by atoms with Gasteiger partial charge in [-0.2, -0.15) is 0 Å². The van der Waals surface area contributed by atoms with Crippen LogP contribution in [-0.2, 0) is 4.74 Å². The second kappa shape index (κ2) is 6.85. The second-order valence-corrected chi connectivity index (χ2v) is 6.93. The van der Waals surface area contributed by atoms with Crippen LogP contribution in [0.1, 0.15) is 27.9 Å². The average molecular weight is 357 g/mol. The SMILES string of the molecule is O=C(NC[C@@H]1CCO[C@H]1c1ccc(F)cc1)c1nc2cccnc2s1. The van der Waals surface area contributed by atoms with Gasteiger partial charge in [0.05, 0.1) is 6.10 Å². The molecule has 3 aromatic rings. The summed E-state index contributed by atoms with van der Waals surface area (Å²) in [5.41, 5.74) is 1.66. The predicted molar refractivity (Wildman–Crippen MR) is 92.9 cm³/mol. The Bertz CT molecular complexity index is 864. The van der Waals surface area contributed by atoms with Crippen LogP contribution in [0.3, 0.4) is 0 Å². The molecule has 2 aromatic heterocycles. The van der Waals surface area contributed by atoms with Crippen molar-refractivity contribution in [2.45, 2.75) is 12.5 Å². The van der Waals surface area contributed by atoms with Crippen LogP contribution in [0.25, 0.3) is 10.3 Å². The summed E-state index contributed by atoms with van der Waals surface area (Å²) in [5.74, 6) is -0.314. The van der Waals surface area contributed by atoms with Crippen molar-refractivity contribution in [3.63, 3.8) is 0 Å². The van der Waals surface area contributed by atoms with Gasteiger partial charge in [-0.1, -0.05) is 23.5 Å². The summed E-state index contributed by atoms with van der Waals surface area (Å²) in [6, 6.07) is 9.97. The van der Waals surface area contributed by atoms with E-state index in [0.29, 0.717) is 18.2 Å². The molecule has 7 heteroatoms. The molecule has 0 spiro atoms. The van der Waals surface area contributed by atoms with Crippen molar-refractivity contribution in [2.24, 2.45) is 5.92 Å². The number of thiazole rings is 1. The summed E-state index contributed by atoms with van der Waals surface area (Å²) in [7, 11) is 0. The van der Waals surface area contributed by atoms with Gasteiger partial charge >= 0.3 is 0 Å². The number of rotatable bonds is 4. The Morgan fingerprint density at radius 1 is 1.32 bits per heavy atom. The fourth-order valence-corrected chi connectivity index (χ4v) is 3.85. The summed E-state index contributed by atoms with van der Waals surface area (Å²) in [4.78, 5) is 21.7. The minimum Gasteiger partial charge on any atom is -0.373 e. The highest BCUT2D eigenvalue weighted by Gasteiger charge is 2.30. The molecule has 0 saturated carbocycles. The van der Waals surface area contributed by atoms with Crippen molar-refractivity contribution < 1.29 is 13.9 Å². The van der Waals surface area contributed by atoms with Crippen LogP contribution >= 0.6 is 11.3 Å². The van der Waals surface area contributed by atoms with E-state index >= 15 is 0 Å². The topological polar surface area (TPSA) is 64.1 Å². The van der Waals surface area contributed by atoms with Crippen LogP contribution in [0.5, 0.6) is 0 Å². The number of fused-ring (bicyclic) bond motifs is 1. The standard InChI is InChI=1S/C18H16FN3O2S/c19-13-5-3-11(4-6-13)15-12(7-9-24-15)10-21-16(23)18-22-14-2-1-8-20-17(14)25-18/h1-6,8,12,15H,7,9-10H2,(H,21,23)/t12-,15-/m0/s1. The van der Waals surface area contributed by atoms with Gasteiger partial charge in [0.25, 0.3) is 5.91 Å². The molecule has 1 aliphatic heterocycles. The lowest BCUT2D eigenvalue weighted by molar-refractivity contribution is 0.0846. The molecule has 25 heavy (non-hydrogen) atoms. The molecular formula is C18H16FN3O2S. The molecule has 1 fully saturated rings. The van der Waals surface area contributed by atoms with E-state index in [0.717, 1.165) is 22.3 Å². The third kappa shape index (κ3) is 3.38. The average Bonchev–Trinajstić information content (AvgIpc) is 3.27. The molecule has 5 nitrogen and oxygen atoms in total. The Balaban J connectivity index is 1.42. The highest BCUT2D eigenvalue weighted by atomic mass is 32.1. The highest BCUT2D eigenvalue weighted by Crippen LogP contribution is 2.34. The Morgan fingerprint density at radius 2 is 2.16 bits per heavy atom. The van der Waals surface area contributed by atoms with E-state index in [2.05, 4.69) is 15.3 Å². The first-order chi connectivity index (χ1) is 12.2. The molecule has 1 N–H and O–H groups in total. The van der Waals surface area contributed by atoms with Crippen molar-refractivity contribution in [3.8, 4) is 0 Å². The monoisotopic (exact) mass is 357 g/mol. The number of hydrogen-bond acceptors (Lipinski definition) is 5. The number of pyridine rings is 1. The molecule has 2 atom stereocenters. The minimum atomic E-state index is -0.268. The fraction of sp³-hybridized carbons (Fsp3) is 0.278. The molecule has 128 valence electrons. The number of carbonyl (C=O) groups excluding carboxylic acids is 1. The summed E-state index contributed by atoms with van der Waals surface area (Å²) < 4.78 is 18.9. The van der Waals surface area contributed by atoms with E-state index in [1.807, 2.05) is 6.07 Å². The summed E-state index contributed by atoms with van der Waals surface area (Å²) in [6.45, 7) is 1.12. The molecule has 4 rings (SSSR count). The molecule has 1 saturated heterocycles. The van der Waals surface area contributed by atoms with Gasteiger partial charge < -0.3 is 10.1 Å². The molecule has 0 bridgehead atoms. The van der Waals surface area contributed by atoms with Crippen molar-refractivity contribution >= 4 is 27.6 Å². The van der Waals surface area contributed by atoms with Gasteiger partial charge in [-0.05, 0) is 36.2 Å². The first-order valence-corrected chi connectivity index (χ1v) is 8.89. The fourth-order valence-electron chi connectivity index (χ4n) is 3.03. The molecule has 1 aliphatic rings. The van der Waals surface area contributed by atoms with Crippen LogP contribution < -0.4 is 5.32 Å². The van der Waals surface area contributed by atoms with E-state index < -0.39 is 0 Å². The van der Waals surface area contributed by atoms with Crippen LogP contribution in [0.2, 0.25) is 0 Å². The van der Waals surface area contributed by atoms with Gasteiger partial charge in [0.15, 0.2) is 5.01 Å². The normalized spacial score (nSPS) is 20.0. The first-order valence-electron chi connectivity index (χ1n) is 8.07. The lowest BCUT2D eigenvalue weighted by Gasteiger charge is -2.19. The zero-order chi connectivity index (χ0) is 17.2. The van der Waals surface area contributed by atoms with Gasteiger partial charge in [0.1, 0.15) is 16.2 Å². The van der Waals surface area contributed by atoms with Gasteiger partial charge in [0.2, 0.25) is 0 Å². The van der Waals surface area contributed by atoms with E-state index in [4.69, 9.17) is 4.74 Å². The number of nitrogens with zero attached hydrogens (tertiary/aromatic N) is 2. The van der Waals surface area contributed by atoms with Gasteiger partial charge in [-0.3, -0.25) is 4.79 Å². The third-order valence-corrected chi connectivity index (χ3v) is 5.28. The maximum atomic E-state index is 13.1. The van der Waals surface area contributed by atoms with Crippen LogP contribution in [0.4, 0.5) is 4.39 Å². The molecular weight excluding hydrogens is 341 g/mol. The lowest BCUT2D eigenvalue weighted by Crippen LogP contribution is -2.30. The predicted octanol–water partition coefficient (Wildman–Crippen LogP) is 3.34. The van der Waals surface area contributed by atoms with Crippen molar-refractivity contribution in [1.29, 1.82) is 0 Å². The molecule has 1 amide bonds. The van der Waals surface area contributed by atoms with Crippen LogP contribution in [0, 0.1) is 11.7 Å². The Hall–Kier alpha value is -2.38. The lowest BCUT2D eigenvalue weighted by atomic mass is 9.95. The van der Waals surface area contributed by atoms with Gasteiger partial charge in [-0.25, -0.2) is 14.4 Å². The molecule has 0 unspecified atom stereocenters. The largest absolute Gasteiger partial charge is 0.373 e. The Kier molecular flexibility index (Phi) is 4.42. The number of benzene rings is 1. The van der Waals surface area contributed by atoms with Crippen molar-refractivity contribution in [3.05, 3.63) is 59.0 Å². The number of hydrogen-bond donors (Lipinski definition) is 1. The maximum Gasteiger partial charge on any atom is 0.280 e. The zero-order valence-corrected chi connectivity index (χ0v) is 14.1. The summed E-state index contributed by atoms with van der Waals surface area (Å²) >= 11 is 1.28.